The third kappa shape index (κ3) is 6.03. The molecule has 1 amide bonds. The van der Waals surface area contributed by atoms with Gasteiger partial charge in [0.15, 0.2) is 5.58 Å². The minimum Gasteiger partial charge on any atom is -0.497 e. The molecule has 1 aromatic heterocycles. The molecule has 34 heavy (non-hydrogen) atoms. The summed E-state index contributed by atoms with van der Waals surface area (Å²) in [5.41, 5.74) is 4.72. The number of hydrogen-bond acceptors (Lipinski definition) is 8. The van der Waals surface area contributed by atoms with Crippen LogP contribution in [0.2, 0.25) is 0 Å². The molecule has 0 bridgehead atoms. The highest BCUT2D eigenvalue weighted by Crippen LogP contribution is 2.24. The van der Waals surface area contributed by atoms with Crippen molar-refractivity contribution < 1.29 is 23.5 Å². The SMILES string of the molecule is COc1ccc(C(=O)Oc2ccc(Br)cc2/C=N\NC(=O)CSc2nc3ccccc3o2)cc1. The molecule has 0 spiro atoms. The summed E-state index contributed by atoms with van der Waals surface area (Å²) < 4.78 is 17.0. The van der Waals surface area contributed by atoms with E-state index < -0.39 is 5.97 Å². The van der Waals surface area contributed by atoms with E-state index in [9.17, 15) is 9.59 Å². The van der Waals surface area contributed by atoms with Gasteiger partial charge < -0.3 is 13.9 Å². The third-order valence-corrected chi connectivity index (χ3v) is 5.82. The number of esters is 1. The Morgan fingerprint density at radius 2 is 1.94 bits per heavy atom. The van der Waals surface area contributed by atoms with Gasteiger partial charge in [0.05, 0.1) is 24.6 Å². The van der Waals surface area contributed by atoms with Gasteiger partial charge in [-0.2, -0.15) is 5.10 Å². The molecule has 0 unspecified atom stereocenters. The van der Waals surface area contributed by atoms with Crippen LogP contribution in [0, 0.1) is 0 Å². The molecule has 0 saturated heterocycles. The largest absolute Gasteiger partial charge is 0.497 e. The second-order valence-corrected chi connectivity index (χ2v) is 8.67. The summed E-state index contributed by atoms with van der Waals surface area (Å²) in [6.07, 6.45) is 1.41. The molecular weight excluding hydrogens is 522 g/mol. The number of rotatable bonds is 8. The fraction of sp³-hybridized carbons (Fsp3) is 0.0833. The Morgan fingerprint density at radius 3 is 2.71 bits per heavy atom. The zero-order valence-corrected chi connectivity index (χ0v) is 20.3. The van der Waals surface area contributed by atoms with Gasteiger partial charge in [0, 0.05) is 10.0 Å². The molecule has 0 aliphatic carbocycles. The van der Waals surface area contributed by atoms with Crippen molar-refractivity contribution in [2.45, 2.75) is 5.22 Å². The van der Waals surface area contributed by atoms with E-state index in [0.717, 1.165) is 9.99 Å². The normalized spacial score (nSPS) is 11.0. The van der Waals surface area contributed by atoms with Crippen molar-refractivity contribution >= 4 is 56.9 Å². The molecule has 1 heterocycles. The molecule has 0 aliphatic heterocycles. The van der Waals surface area contributed by atoms with Crippen LogP contribution in [0.25, 0.3) is 11.1 Å². The molecule has 8 nitrogen and oxygen atoms in total. The quantitative estimate of drug-likeness (QED) is 0.110. The van der Waals surface area contributed by atoms with E-state index in [4.69, 9.17) is 13.9 Å². The van der Waals surface area contributed by atoms with Crippen molar-refractivity contribution in [2.24, 2.45) is 5.10 Å². The molecule has 0 saturated carbocycles. The molecule has 0 fully saturated rings. The van der Waals surface area contributed by atoms with Crippen LogP contribution in [0.1, 0.15) is 15.9 Å². The fourth-order valence-corrected chi connectivity index (χ4v) is 3.85. The minimum atomic E-state index is -0.529. The molecule has 0 aliphatic rings. The monoisotopic (exact) mass is 539 g/mol. The summed E-state index contributed by atoms with van der Waals surface area (Å²) in [6.45, 7) is 0. The summed E-state index contributed by atoms with van der Waals surface area (Å²) in [7, 11) is 1.55. The number of halogens is 1. The van der Waals surface area contributed by atoms with E-state index in [1.54, 1.807) is 49.6 Å². The van der Waals surface area contributed by atoms with Gasteiger partial charge in [-0.15, -0.1) is 0 Å². The van der Waals surface area contributed by atoms with Gasteiger partial charge in [-0.25, -0.2) is 15.2 Å². The van der Waals surface area contributed by atoms with Crippen LogP contribution >= 0.6 is 27.7 Å². The number of methoxy groups -OCH3 is 1. The average Bonchev–Trinajstić information content (AvgIpc) is 3.27. The lowest BCUT2D eigenvalue weighted by Gasteiger charge is -2.08. The highest BCUT2D eigenvalue weighted by Gasteiger charge is 2.12. The molecule has 3 aromatic carbocycles. The number of benzene rings is 3. The molecular formula is C24H18BrN3O5S. The van der Waals surface area contributed by atoms with Crippen LogP contribution in [0.3, 0.4) is 0 Å². The molecule has 0 atom stereocenters. The van der Waals surface area contributed by atoms with Crippen molar-refractivity contribution in [3.63, 3.8) is 0 Å². The third-order valence-electron chi connectivity index (χ3n) is 4.49. The minimum absolute atomic E-state index is 0.0714. The number of ether oxygens (including phenoxy) is 2. The van der Waals surface area contributed by atoms with Crippen LogP contribution in [0.4, 0.5) is 0 Å². The number of nitrogens with one attached hydrogen (secondary N) is 1. The van der Waals surface area contributed by atoms with Gasteiger partial charge in [-0.05, 0) is 54.6 Å². The summed E-state index contributed by atoms with van der Waals surface area (Å²) in [4.78, 5) is 29.0. The number of aromatic nitrogens is 1. The van der Waals surface area contributed by atoms with Gasteiger partial charge in [0.2, 0.25) is 0 Å². The van der Waals surface area contributed by atoms with Crippen molar-refractivity contribution in [3.8, 4) is 11.5 Å². The predicted molar refractivity (Wildman–Crippen MR) is 133 cm³/mol. The number of para-hydroxylation sites is 2. The summed E-state index contributed by atoms with van der Waals surface area (Å²) in [5.74, 6) is 0.136. The molecule has 4 aromatic rings. The number of fused-ring (bicyclic) bond motifs is 1. The topological polar surface area (TPSA) is 103 Å². The second kappa shape index (κ2) is 11.0. The maximum Gasteiger partial charge on any atom is 0.343 e. The fourth-order valence-electron chi connectivity index (χ4n) is 2.85. The number of hydrogen-bond donors (Lipinski definition) is 1. The lowest BCUT2D eigenvalue weighted by molar-refractivity contribution is -0.118. The van der Waals surface area contributed by atoms with Gasteiger partial charge in [0.1, 0.15) is 17.0 Å². The molecule has 4 rings (SSSR count). The van der Waals surface area contributed by atoms with E-state index >= 15 is 0 Å². The van der Waals surface area contributed by atoms with Crippen molar-refractivity contribution in [1.29, 1.82) is 0 Å². The predicted octanol–water partition coefficient (Wildman–Crippen LogP) is 5.06. The molecule has 0 radical (unpaired) electrons. The number of nitrogens with zero attached hydrogens (tertiary/aromatic N) is 2. The van der Waals surface area contributed by atoms with Crippen molar-refractivity contribution in [2.75, 3.05) is 12.9 Å². The van der Waals surface area contributed by atoms with Gasteiger partial charge in [-0.3, -0.25) is 4.79 Å². The van der Waals surface area contributed by atoms with Crippen molar-refractivity contribution in [1.82, 2.24) is 10.4 Å². The Kier molecular flexibility index (Phi) is 7.61. The van der Waals surface area contributed by atoms with E-state index in [1.165, 1.54) is 18.0 Å². The maximum absolute atomic E-state index is 12.5. The maximum atomic E-state index is 12.5. The number of hydrazone groups is 1. The smallest absolute Gasteiger partial charge is 0.343 e. The lowest BCUT2D eigenvalue weighted by Crippen LogP contribution is -2.19. The Balaban J connectivity index is 1.36. The first kappa shape index (κ1) is 23.5. The Labute approximate surface area is 207 Å². The number of oxazole rings is 1. The highest BCUT2D eigenvalue weighted by molar-refractivity contribution is 9.10. The number of carbonyl (C=O) groups excluding carboxylic acids is 2. The van der Waals surface area contributed by atoms with Crippen LogP contribution in [0.5, 0.6) is 11.5 Å². The summed E-state index contributed by atoms with van der Waals surface area (Å²) in [6, 6.07) is 19.0. The number of amides is 1. The van der Waals surface area contributed by atoms with E-state index in [-0.39, 0.29) is 11.7 Å². The van der Waals surface area contributed by atoms with Crippen LogP contribution < -0.4 is 14.9 Å². The summed E-state index contributed by atoms with van der Waals surface area (Å²) in [5, 5.41) is 4.39. The zero-order chi connectivity index (χ0) is 23.9. The van der Waals surface area contributed by atoms with Crippen LogP contribution in [-0.2, 0) is 4.79 Å². The van der Waals surface area contributed by atoms with Crippen LogP contribution in [-0.4, -0.2) is 35.9 Å². The number of thioether (sulfide) groups is 1. The lowest BCUT2D eigenvalue weighted by atomic mass is 10.2. The Morgan fingerprint density at radius 1 is 1.15 bits per heavy atom. The zero-order valence-electron chi connectivity index (χ0n) is 17.9. The van der Waals surface area contributed by atoms with Crippen LogP contribution in [0.15, 0.2) is 85.9 Å². The Bertz CT molecular complexity index is 1320. The first-order valence-electron chi connectivity index (χ1n) is 9.98. The van der Waals surface area contributed by atoms with Crippen molar-refractivity contribution in [3.05, 3.63) is 82.3 Å². The second-order valence-electron chi connectivity index (χ2n) is 6.83. The first-order valence-corrected chi connectivity index (χ1v) is 11.8. The standard InChI is InChI=1S/C24H18BrN3O5S/c1-31-18-9-6-15(7-10-18)23(30)32-20-11-8-17(25)12-16(20)13-26-28-22(29)14-34-24-27-19-4-2-3-5-21(19)33-24/h2-13H,14H2,1H3,(H,28,29)/b26-13-. The average molecular weight is 540 g/mol. The van der Waals surface area contributed by atoms with Gasteiger partial charge in [-0.1, -0.05) is 39.8 Å². The van der Waals surface area contributed by atoms with Gasteiger partial charge in [0.25, 0.3) is 11.1 Å². The van der Waals surface area contributed by atoms with E-state index in [0.29, 0.717) is 33.4 Å². The molecule has 172 valence electrons. The highest BCUT2D eigenvalue weighted by atomic mass is 79.9. The molecule has 1 N–H and O–H groups in total. The Hall–Kier alpha value is -3.63. The van der Waals surface area contributed by atoms with Gasteiger partial charge >= 0.3 is 5.97 Å². The molecule has 10 heteroatoms. The van der Waals surface area contributed by atoms with E-state index in [2.05, 4.69) is 31.4 Å². The summed E-state index contributed by atoms with van der Waals surface area (Å²) >= 11 is 4.55. The first-order chi connectivity index (χ1) is 16.5. The number of carbonyl (C=O) groups is 2. The van der Waals surface area contributed by atoms with E-state index in [1.807, 2.05) is 24.3 Å².